The van der Waals surface area contributed by atoms with E-state index in [1.54, 1.807) is 6.92 Å². The van der Waals surface area contributed by atoms with Crippen molar-refractivity contribution in [2.75, 3.05) is 12.4 Å². The van der Waals surface area contributed by atoms with E-state index in [0.717, 1.165) is 19.1 Å². The fourth-order valence-corrected chi connectivity index (χ4v) is 3.92. The maximum atomic E-state index is 11.9. The van der Waals surface area contributed by atoms with E-state index in [2.05, 4.69) is 18.3 Å². The van der Waals surface area contributed by atoms with Crippen molar-refractivity contribution in [3.63, 3.8) is 0 Å². The van der Waals surface area contributed by atoms with E-state index in [0.29, 0.717) is 5.75 Å². The van der Waals surface area contributed by atoms with Crippen LogP contribution in [0.5, 0.6) is 0 Å². The number of thioether (sulfide) groups is 1. The number of rotatable bonds is 19. The normalized spacial score (nSPS) is 13.2. The first-order chi connectivity index (χ1) is 14.0. The molecule has 0 saturated carbocycles. The van der Waals surface area contributed by atoms with Crippen molar-refractivity contribution in [1.29, 1.82) is 0 Å². The molecule has 0 rings (SSSR count). The number of nitrogens with one attached hydrogen (secondary N) is 1. The summed E-state index contributed by atoms with van der Waals surface area (Å²) < 4.78 is 4.98. The van der Waals surface area contributed by atoms with Crippen molar-refractivity contribution in [3.8, 4) is 0 Å². The molecule has 0 saturated heterocycles. The van der Waals surface area contributed by atoms with Crippen LogP contribution < -0.4 is 5.32 Å². The highest BCUT2D eigenvalue weighted by molar-refractivity contribution is 8.00. The van der Waals surface area contributed by atoms with E-state index in [-0.39, 0.29) is 17.8 Å². The Morgan fingerprint density at radius 3 is 2.07 bits per heavy atom. The van der Waals surface area contributed by atoms with Crippen LogP contribution >= 0.6 is 11.8 Å². The molecule has 2 unspecified atom stereocenters. The lowest BCUT2D eigenvalue weighted by atomic mass is 10.1. The lowest BCUT2D eigenvalue weighted by Gasteiger charge is -2.16. The number of hydrogen-bond acceptors (Lipinski definition) is 5. The predicted molar refractivity (Wildman–Crippen MR) is 122 cm³/mol. The summed E-state index contributed by atoms with van der Waals surface area (Å²) in [5.41, 5.74) is 0. The van der Waals surface area contributed by atoms with E-state index in [1.807, 2.05) is 6.08 Å². The van der Waals surface area contributed by atoms with Crippen LogP contribution in [0.1, 0.15) is 91.4 Å². The minimum Gasteiger partial charge on any atom is -0.464 e. The summed E-state index contributed by atoms with van der Waals surface area (Å²) >= 11 is 1.34. The highest BCUT2D eigenvalue weighted by atomic mass is 32.2. The van der Waals surface area contributed by atoms with Crippen molar-refractivity contribution in [3.05, 3.63) is 12.2 Å². The number of allylic oxidation sites excluding steroid dienone is 1. The van der Waals surface area contributed by atoms with Crippen LogP contribution in [-0.4, -0.2) is 41.8 Å². The smallest absolute Gasteiger partial charge is 0.329 e. The average Bonchev–Trinajstić information content (AvgIpc) is 2.69. The maximum Gasteiger partial charge on any atom is 0.329 e. The Balaban J connectivity index is 3.94. The Labute approximate surface area is 181 Å². The summed E-state index contributed by atoms with van der Waals surface area (Å²) in [6.45, 7) is 5.59. The van der Waals surface area contributed by atoms with Crippen molar-refractivity contribution < 1.29 is 19.1 Å². The first kappa shape index (κ1) is 27.7. The number of carbonyl (C=O) groups is 3. The van der Waals surface area contributed by atoms with Crippen molar-refractivity contribution in [2.24, 2.45) is 0 Å². The first-order valence-corrected chi connectivity index (χ1v) is 12.3. The zero-order valence-corrected chi connectivity index (χ0v) is 19.4. The van der Waals surface area contributed by atoms with Gasteiger partial charge in [-0.25, -0.2) is 4.79 Å². The molecule has 0 spiro atoms. The van der Waals surface area contributed by atoms with Crippen molar-refractivity contribution in [1.82, 2.24) is 5.32 Å². The lowest BCUT2D eigenvalue weighted by Crippen LogP contribution is -2.43. The number of aldehydes is 1. The van der Waals surface area contributed by atoms with Gasteiger partial charge >= 0.3 is 5.97 Å². The Morgan fingerprint density at radius 2 is 1.55 bits per heavy atom. The second-order valence-corrected chi connectivity index (χ2v) is 8.55. The summed E-state index contributed by atoms with van der Waals surface area (Å²) in [7, 11) is 0. The summed E-state index contributed by atoms with van der Waals surface area (Å²) in [5, 5.41) is 2.27. The number of unbranched alkanes of at least 4 members (excludes halogenated alkanes) is 10. The van der Waals surface area contributed by atoms with Gasteiger partial charge in [0.1, 0.15) is 12.3 Å². The molecule has 1 amide bonds. The predicted octanol–water partition coefficient (Wildman–Crippen LogP) is 5.22. The molecule has 5 nitrogen and oxygen atoms in total. The highest BCUT2D eigenvalue weighted by Gasteiger charge is 2.22. The zero-order chi connectivity index (χ0) is 21.7. The zero-order valence-electron chi connectivity index (χ0n) is 18.6. The van der Waals surface area contributed by atoms with Gasteiger partial charge in [0.15, 0.2) is 0 Å². The minimum atomic E-state index is -0.727. The van der Waals surface area contributed by atoms with Gasteiger partial charge in [-0.15, -0.1) is 11.8 Å². The molecule has 2 atom stereocenters. The quantitative estimate of drug-likeness (QED) is 0.132. The number of ether oxygens (including phenoxy) is 1. The second-order valence-electron chi connectivity index (χ2n) is 7.34. The average molecular weight is 428 g/mol. The van der Waals surface area contributed by atoms with Crippen LogP contribution in [-0.2, 0) is 19.1 Å². The van der Waals surface area contributed by atoms with Crippen LogP contribution in [0.25, 0.3) is 0 Å². The van der Waals surface area contributed by atoms with E-state index < -0.39 is 12.0 Å². The Kier molecular flexibility index (Phi) is 19.1. The molecule has 0 heterocycles. The van der Waals surface area contributed by atoms with Gasteiger partial charge in [0.25, 0.3) is 0 Å². The van der Waals surface area contributed by atoms with Gasteiger partial charge in [0.05, 0.1) is 11.9 Å². The molecule has 0 fully saturated rings. The largest absolute Gasteiger partial charge is 0.464 e. The molecule has 1 N–H and O–H groups in total. The topological polar surface area (TPSA) is 72.5 Å². The third-order valence-corrected chi connectivity index (χ3v) is 5.77. The molecule has 0 aromatic heterocycles. The first-order valence-electron chi connectivity index (χ1n) is 11.2. The van der Waals surface area contributed by atoms with Gasteiger partial charge in [0, 0.05) is 12.7 Å². The molecular formula is C23H41NO4S. The molecule has 0 aromatic carbocycles. The second kappa shape index (κ2) is 20.0. The fraction of sp³-hybridized carbons (Fsp3) is 0.783. The van der Waals surface area contributed by atoms with E-state index >= 15 is 0 Å². The molecular weight excluding hydrogens is 386 g/mol. The highest BCUT2D eigenvalue weighted by Crippen LogP contribution is 2.15. The lowest BCUT2D eigenvalue weighted by molar-refractivity contribution is -0.146. The number of hydrogen-bond donors (Lipinski definition) is 1. The standard InChI is InChI=1S/C23H41NO4S/c1-4-6-7-8-9-10-11-12-13-14-15-16-17-21(18-25)29-19-22(24-20(3)26)23(27)28-5-2/h16-18,21-22H,4-15,19H2,1-3H3,(H,24,26). The third kappa shape index (κ3) is 17.3. The molecule has 0 aliphatic heterocycles. The number of amides is 1. The summed E-state index contributed by atoms with van der Waals surface area (Å²) in [6.07, 6.45) is 18.9. The Hall–Kier alpha value is -1.30. The van der Waals surface area contributed by atoms with Gasteiger partial charge in [-0.2, -0.15) is 0 Å². The summed E-state index contributed by atoms with van der Waals surface area (Å²) in [4.78, 5) is 34.5. The van der Waals surface area contributed by atoms with Gasteiger partial charge in [-0.3, -0.25) is 4.79 Å². The molecule has 168 valence electrons. The molecule has 0 bridgehead atoms. The molecule has 29 heavy (non-hydrogen) atoms. The van der Waals surface area contributed by atoms with E-state index in [1.165, 1.54) is 76.5 Å². The van der Waals surface area contributed by atoms with E-state index in [9.17, 15) is 14.4 Å². The van der Waals surface area contributed by atoms with Gasteiger partial charge in [0.2, 0.25) is 5.91 Å². The summed E-state index contributed by atoms with van der Waals surface area (Å²) in [6, 6.07) is -0.727. The molecule has 0 aliphatic carbocycles. The van der Waals surface area contributed by atoms with Crippen LogP contribution in [0.4, 0.5) is 0 Å². The number of esters is 1. The SMILES string of the molecule is CCCCCCCCCCCCC=CC(C=O)SCC(NC(C)=O)C(=O)OCC. The van der Waals surface area contributed by atoms with E-state index in [4.69, 9.17) is 4.74 Å². The Bertz CT molecular complexity index is 468. The minimum absolute atomic E-state index is 0.259. The van der Waals surface area contributed by atoms with Crippen molar-refractivity contribution in [2.45, 2.75) is 103 Å². The monoisotopic (exact) mass is 427 g/mol. The third-order valence-electron chi connectivity index (χ3n) is 4.59. The molecule has 6 heteroatoms. The van der Waals surface area contributed by atoms with Gasteiger partial charge in [-0.1, -0.05) is 76.9 Å². The van der Waals surface area contributed by atoms with Crippen LogP contribution in [0, 0.1) is 0 Å². The molecule has 0 aromatic rings. The van der Waals surface area contributed by atoms with Crippen molar-refractivity contribution >= 4 is 29.9 Å². The molecule has 0 radical (unpaired) electrons. The van der Waals surface area contributed by atoms with Crippen LogP contribution in [0.3, 0.4) is 0 Å². The van der Waals surface area contributed by atoms with Gasteiger partial charge in [-0.05, 0) is 19.8 Å². The Morgan fingerprint density at radius 1 is 0.966 bits per heavy atom. The fourth-order valence-electron chi connectivity index (χ4n) is 2.98. The van der Waals surface area contributed by atoms with Gasteiger partial charge < -0.3 is 14.8 Å². The molecule has 0 aliphatic rings. The number of carbonyl (C=O) groups excluding carboxylic acids is 3. The van der Waals surface area contributed by atoms with Crippen LogP contribution in [0.2, 0.25) is 0 Å². The maximum absolute atomic E-state index is 11.9. The summed E-state index contributed by atoms with van der Waals surface area (Å²) in [5.74, 6) is -0.443. The van der Waals surface area contributed by atoms with Crippen LogP contribution in [0.15, 0.2) is 12.2 Å².